The predicted molar refractivity (Wildman–Crippen MR) is 317 cm³/mol. The Morgan fingerprint density at radius 3 is 1.53 bits per heavy atom. The summed E-state index contributed by atoms with van der Waals surface area (Å²) in [4.78, 5) is 2.56. The number of furan rings is 1. The lowest BCUT2D eigenvalue weighted by molar-refractivity contribution is 0.569. The Hall–Kier alpha value is -8.72. The number of hydrogen-bond acceptors (Lipinski definition) is 2. The van der Waals surface area contributed by atoms with Crippen molar-refractivity contribution in [2.45, 2.75) is 57.8 Å². The highest BCUT2D eigenvalue weighted by molar-refractivity contribution is 6.11. The highest BCUT2D eigenvalue weighted by atomic mass is 16.3. The number of para-hydroxylation sites is 3. The zero-order chi connectivity index (χ0) is 51.1. The van der Waals surface area contributed by atoms with E-state index in [9.17, 15) is 0 Å². The van der Waals surface area contributed by atoms with Crippen LogP contribution < -0.4 is 4.90 Å². The van der Waals surface area contributed by atoms with Crippen molar-refractivity contribution in [3.63, 3.8) is 0 Å². The molecule has 362 valence electrons. The standard InChI is InChI=1S/C73H59NO/c1-71(2,3)53-44-50(45-54(47-53)72(4,5)6)56-34-21-24-48-25-22-35-60(69(48)56)57-31-15-19-39-65(57)74(64-38-18-14-30-55(64)49-42-43-59-58-32-16-20-41-67(58)75-68(59)46-49)66-40-23-37-63-70(66)61-33-13-17-36-62(61)73(63,51-26-9-7-10-27-51)52-28-11-8-12-29-52/h7-47H,1-6H3. The highest BCUT2D eigenvalue weighted by Gasteiger charge is 2.47. The third-order valence-electron chi connectivity index (χ3n) is 15.9. The minimum absolute atomic E-state index is 0.0357. The van der Waals surface area contributed by atoms with Crippen molar-refractivity contribution in [3.05, 3.63) is 282 Å². The van der Waals surface area contributed by atoms with Gasteiger partial charge in [-0.25, -0.2) is 0 Å². The van der Waals surface area contributed by atoms with Crippen LogP contribution in [0.25, 0.3) is 77.2 Å². The Morgan fingerprint density at radius 2 is 0.853 bits per heavy atom. The van der Waals surface area contributed by atoms with Crippen LogP contribution >= 0.6 is 0 Å². The molecule has 1 heterocycles. The largest absolute Gasteiger partial charge is 0.456 e. The van der Waals surface area contributed by atoms with Crippen molar-refractivity contribution in [3.8, 4) is 44.5 Å². The van der Waals surface area contributed by atoms with E-state index in [1.54, 1.807) is 0 Å². The monoisotopic (exact) mass is 965 g/mol. The maximum absolute atomic E-state index is 6.59. The van der Waals surface area contributed by atoms with Gasteiger partial charge in [0.15, 0.2) is 0 Å². The smallest absolute Gasteiger partial charge is 0.136 e. The molecule has 0 amide bonds. The quantitative estimate of drug-likeness (QED) is 0.151. The summed E-state index contributed by atoms with van der Waals surface area (Å²) in [6.45, 7) is 14.0. The third-order valence-corrected chi connectivity index (χ3v) is 15.9. The zero-order valence-corrected chi connectivity index (χ0v) is 43.5. The first kappa shape index (κ1) is 46.1. The minimum atomic E-state index is -0.584. The lowest BCUT2D eigenvalue weighted by atomic mass is 9.68. The van der Waals surface area contributed by atoms with Gasteiger partial charge in [-0.15, -0.1) is 0 Å². The van der Waals surface area contributed by atoms with Gasteiger partial charge in [-0.2, -0.15) is 0 Å². The van der Waals surface area contributed by atoms with Gasteiger partial charge in [-0.05, 0) is 119 Å². The molecule has 0 unspecified atom stereocenters. The molecule has 0 bridgehead atoms. The van der Waals surface area contributed by atoms with Gasteiger partial charge < -0.3 is 9.32 Å². The number of rotatable bonds is 8. The number of fused-ring (bicyclic) bond motifs is 7. The molecule has 0 fully saturated rings. The van der Waals surface area contributed by atoms with Crippen LogP contribution in [0.4, 0.5) is 17.1 Å². The van der Waals surface area contributed by atoms with Gasteiger partial charge in [0.2, 0.25) is 0 Å². The maximum Gasteiger partial charge on any atom is 0.136 e. The Morgan fingerprint density at radius 1 is 0.347 bits per heavy atom. The van der Waals surface area contributed by atoms with Crippen LogP contribution in [0.15, 0.2) is 253 Å². The molecule has 0 atom stereocenters. The molecule has 0 spiro atoms. The van der Waals surface area contributed by atoms with E-state index in [4.69, 9.17) is 4.42 Å². The van der Waals surface area contributed by atoms with E-state index in [1.807, 2.05) is 6.07 Å². The van der Waals surface area contributed by atoms with E-state index in [2.05, 4.69) is 289 Å². The number of nitrogens with zero attached hydrogens (tertiary/aromatic N) is 1. The van der Waals surface area contributed by atoms with Gasteiger partial charge >= 0.3 is 0 Å². The highest BCUT2D eigenvalue weighted by Crippen LogP contribution is 2.60. The normalized spacial score (nSPS) is 13.0. The van der Waals surface area contributed by atoms with Gasteiger partial charge in [0, 0.05) is 27.5 Å². The zero-order valence-electron chi connectivity index (χ0n) is 43.5. The summed E-state index contributed by atoms with van der Waals surface area (Å²) in [7, 11) is 0. The van der Waals surface area contributed by atoms with Crippen molar-refractivity contribution in [2.24, 2.45) is 0 Å². The van der Waals surface area contributed by atoms with Crippen LogP contribution in [-0.4, -0.2) is 0 Å². The fourth-order valence-electron chi connectivity index (χ4n) is 12.2. The molecule has 0 N–H and O–H groups in total. The predicted octanol–water partition coefficient (Wildman–Crippen LogP) is 20.2. The van der Waals surface area contributed by atoms with Gasteiger partial charge in [0.1, 0.15) is 11.2 Å². The van der Waals surface area contributed by atoms with E-state index in [-0.39, 0.29) is 10.8 Å². The second-order valence-electron chi connectivity index (χ2n) is 22.4. The molecular formula is C73H59NO. The van der Waals surface area contributed by atoms with Crippen LogP contribution in [0.2, 0.25) is 0 Å². The molecule has 0 saturated heterocycles. The van der Waals surface area contributed by atoms with Crippen LogP contribution in [-0.2, 0) is 16.2 Å². The molecule has 2 nitrogen and oxygen atoms in total. The Labute approximate surface area is 441 Å². The molecule has 1 aromatic heterocycles. The fraction of sp³-hybridized carbons (Fsp3) is 0.123. The number of anilines is 3. The molecule has 1 aliphatic carbocycles. The second kappa shape index (κ2) is 17.7. The van der Waals surface area contributed by atoms with Gasteiger partial charge in [-0.3, -0.25) is 0 Å². The molecule has 75 heavy (non-hydrogen) atoms. The summed E-state index contributed by atoms with van der Waals surface area (Å²) in [5.74, 6) is 0. The maximum atomic E-state index is 6.59. The summed E-state index contributed by atoms with van der Waals surface area (Å²) >= 11 is 0. The van der Waals surface area contributed by atoms with Crippen LogP contribution in [0, 0.1) is 0 Å². The van der Waals surface area contributed by atoms with Crippen molar-refractivity contribution in [1.29, 1.82) is 0 Å². The van der Waals surface area contributed by atoms with Gasteiger partial charge in [-0.1, -0.05) is 254 Å². The van der Waals surface area contributed by atoms with Crippen LogP contribution in [0.5, 0.6) is 0 Å². The summed E-state index contributed by atoms with van der Waals surface area (Å²) in [6.07, 6.45) is 0. The third kappa shape index (κ3) is 7.53. The first-order valence-electron chi connectivity index (χ1n) is 26.4. The molecule has 0 saturated carbocycles. The average Bonchev–Trinajstić information content (AvgIpc) is 4.07. The van der Waals surface area contributed by atoms with E-state index < -0.39 is 5.41 Å². The lowest BCUT2D eigenvalue weighted by Crippen LogP contribution is -2.28. The van der Waals surface area contributed by atoms with Gasteiger partial charge in [0.25, 0.3) is 0 Å². The molecule has 2 heteroatoms. The summed E-state index contributed by atoms with van der Waals surface area (Å²) < 4.78 is 6.59. The van der Waals surface area contributed by atoms with E-state index in [0.717, 1.165) is 55.7 Å². The second-order valence-corrected chi connectivity index (χ2v) is 22.4. The molecule has 13 rings (SSSR count). The van der Waals surface area contributed by atoms with E-state index in [1.165, 1.54) is 72.0 Å². The number of hydrogen-bond donors (Lipinski definition) is 0. The summed E-state index contributed by atoms with van der Waals surface area (Å²) in [5.41, 5.74) is 21.4. The number of benzene rings is 11. The Balaban J connectivity index is 1.12. The fourth-order valence-corrected chi connectivity index (χ4v) is 12.2. The SMILES string of the molecule is CC(C)(C)c1cc(-c2cccc3cccc(-c4ccccc4N(c4ccccc4-c4ccc5c(c4)oc4ccccc45)c4cccc5c4-c4ccccc4C5(c4ccccc4)c4ccccc4)c23)cc(C(C)(C)C)c1. The first-order valence-corrected chi connectivity index (χ1v) is 26.4. The van der Waals surface area contributed by atoms with Crippen molar-refractivity contribution >= 4 is 49.8 Å². The van der Waals surface area contributed by atoms with Crippen molar-refractivity contribution in [1.82, 2.24) is 0 Å². The molecular weight excluding hydrogens is 907 g/mol. The molecule has 1 aliphatic rings. The van der Waals surface area contributed by atoms with Crippen molar-refractivity contribution in [2.75, 3.05) is 4.90 Å². The minimum Gasteiger partial charge on any atom is -0.456 e. The van der Waals surface area contributed by atoms with Crippen molar-refractivity contribution < 1.29 is 4.42 Å². The Kier molecular flexibility index (Phi) is 10.9. The summed E-state index contributed by atoms with van der Waals surface area (Å²) in [5, 5.41) is 4.67. The lowest BCUT2D eigenvalue weighted by Gasteiger charge is -2.35. The van der Waals surface area contributed by atoms with E-state index >= 15 is 0 Å². The van der Waals surface area contributed by atoms with Crippen LogP contribution in [0.3, 0.4) is 0 Å². The van der Waals surface area contributed by atoms with Crippen LogP contribution in [0.1, 0.15) is 74.9 Å². The molecule has 11 aromatic carbocycles. The molecule has 0 aliphatic heterocycles. The first-order chi connectivity index (χ1) is 36.5. The summed E-state index contributed by atoms with van der Waals surface area (Å²) in [6, 6.07) is 92.4. The van der Waals surface area contributed by atoms with E-state index in [0.29, 0.717) is 0 Å². The Bertz CT molecular complexity index is 4070. The topological polar surface area (TPSA) is 16.4 Å². The van der Waals surface area contributed by atoms with Gasteiger partial charge in [0.05, 0.1) is 22.5 Å². The molecule has 12 aromatic rings. The average molecular weight is 966 g/mol. The molecule has 0 radical (unpaired) electrons.